The maximum Gasteiger partial charge on any atom is 0.123 e. The number of thiazole rings is 1. The van der Waals surface area contributed by atoms with E-state index in [9.17, 15) is 0 Å². The highest BCUT2D eigenvalue weighted by molar-refractivity contribution is 7.15. The van der Waals surface area contributed by atoms with E-state index in [4.69, 9.17) is 0 Å². The van der Waals surface area contributed by atoms with Crippen LogP contribution in [-0.4, -0.2) is 11.5 Å². The third-order valence-corrected chi connectivity index (χ3v) is 3.76. The molecule has 0 aliphatic carbocycles. The number of rotatable bonds is 5. The zero-order valence-corrected chi connectivity index (χ0v) is 11.2. The minimum atomic E-state index is 0.918. The van der Waals surface area contributed by atoms with Crippen molar-refractivity contribution in [1.29, 1.82) is 0 Å². The topological polar surface area (TPSA) is 24.9 Å². The van der Waals surface area contributed by atoms with Gasteiger partial charge in [0.05, 0.1) is 0 Å². The van der Waals surface area contributed by atoms with Gasteiger partial charge in [-0.05, 0) is 18.5 Å². The molecule has 3 heteroatoms. The Morgan fingerprint density at radius 3 is 2.59 bits per heavy atom. The average Bonchev–Trinajstić information content (AvgIpc) is 2.85. The summed E-state index contributed by atoms with van der Waals surface area (Å²) >= 11 is 1.77. The van der Waals surface area contributed by atoms with Crippen molar-refractivity contribution in [3.05, 3.63) is 40.9 Å². The number of aryl methyl sites for hydroxylation is 1. The Balaban J connectivity index is 2.12. The van der Waals surface area contributed by atoms with E-state index in [0.717, 1.165) is 24.5 Å². The first-order valence-electron chi connectivity index (χ1n) is 6.08. The lowest BCUT2D eigenvalue weighted by molar-refractivity contribution is 0.734. The average molecular weight is 246 g/mol. The molecule has 0 unspecified atom stereocenters. The van der Waals surface area contributed by atoms with E-state index in [1.807, 2.05) is 6.20 Å². The monoisotopic (exact) mass is 246 g/mol. The summed E-state index contributed by atoms with van der Waals surface area (Å²) < 4.78 is 0. The smallest absolute Gasteiger partial charge is 0.123 e. The van der Waals surface area contributed by atoms with E-state index in [2.05, 4.69) is 48.4 Å². The second-order valence-corrected chi connectivity index (χ2v) is 5.08. The Hall–Kier alpha value is -1.19. The molecule has 2 nitrogen and oxygen atoms in total. The molecule has 1 aromatic carbocycles. The van der Waals surface area contributed by atoms with Gasteiger partial charge in [0.2, 0.25) is 0 Å². The van der Waals surface area contributed by atoms with Crippen molar-refractivity contribution in [1.82, 2.24) is 10.3 Å². The molecule has 1 heterocycles. The molecule has 17 heavy (non-hydrogen) atoms. The van der Waals surface area contributed by atoms with Crippen LogP contribution in [0.3, 0.4) is 0 Å². The van der Waals surface area contributed by atoms with Gasteiger partial charge < -0.3 is 5.32 Å². The van der Waals surface area contributed by atoms with E-state index in [-0.39, 0.29) is 0 Å². The first kappa shape index (κ1) is 12.3. The molecule has 0 radical (unpaired) electrons. The summed E-state index contributed by atoms with van der Waals surface area (Å²) in [5.74, 6) is 0. The normalized spacial score (nSPS) is 10.7. The highest BCUT2D eigenvalue weighted by Gasteiger charge is 2.04. The van der Waals surface area contributed by atoms with Gasteiger partial charge in [-0.1, -0.05) is 38.1 Å². The summed E-state index contributed by atoms with van der Waals surface area (Å²) in [6.07, 6.45) is 3.06. The van der Waals surface area contributed by atoms with Gasteiger partial charge in [0, 0.05) is 23.2 Å². The zero-order valence-electron chi connectivity index (χ0n) is 10.4. The van der Waals surface area contributed by atoms with Crippen molar-refractivity contribution >= 4 is 11.3 Å². The molecule has 0 saturated carbocycles. The number of hydrogen-bond acceptors (Lipinski definition) is 3. The molecule has 0 spiro atoms. The lowest BCUT2D eigenvalue weighted by Gasteiger charge is -1.99. The van der Waals surface area contributed by atoms with Crippen LogP contribution in [0, 0.1) is 0 Å². The molecule has 0 aliphatic rings. The van der Waals surface area contributed by atoms with Gasteiger partial charge >= 0.3 is 0 Å². The van der Waals surface area contributed by atoms with Gasteiger partial charge in [-0.25, -0.2) is 4.98 Å². The van der Waals surface area contributed by atoms with E-state index < -0.39 is 0 Å². The van der Waals surface area contributed by atoms with Crippen LogP contribution in [0.15, 0.2) is 30.5 Å². The Morgan fingerprint density at radius 1 is 1.18 bits per heavy atom. The van der Waals surface area contributed by atoms with Crippen molar-refractivity contribution in [3.63, 3.8) is 0 Å². The minimum Gasteiger partial charge on any atom is -0.312 e. The third-order valence-electron chi connectivity index (χ3n) is 2.71. The van der Waals surface area contributed by atoms with E-state index >= 15 is 0 Å². The van der Waals surface area contributed by atoms with Crippen molar-refractivity contribution in [3.8, 4) is 10.6 Å². The molecule has 1 aromatic heterocycles. The van der Waals surface area contributed by atoms with Gasteiger partial charge in [-0.15, -0.1) is 11.3 Å². The van der Waals surface area contributed by atoms with E-state index in [0.29, 0.717) is 0 Å². The van der Waals surface area contributed by atoms with Crippen LogP contribution in [0.2, 0.25) is 0 Å². The summed E-state index contributed by atoms with van der Waals surface area (Å²) in [5, 5.41) is 4.43. The van der Waals surface area contributed by atoms with Gasteiger partial charge in [0.15, 0.2) is 0 Å². The number of nitrogens with one attached hydrogen (secondary N) is 1. The van der Waals surface area contributed by atoms with E-state index in [1.165, 1.54) is 16.0 Å². The summed E-state index contributed by atoms with van der Waals surface area (Å²) in [6, 6.07) is 8.69. The summed E-state index contributed by atoms with van der Waals surface area (Å²) in [5.41, 5.74) is 2.59. The van der Waals surface area contributed by atoms with Crippen LogP contribution in [0.1, 0.15) is 24.3 Å². The van der Waals surface area contributed by atoms with Gasteiger partial charge in [0.1, 0.15) is 5.01 Å². The number of nitrogens with zero attached hydrogens (tertiary/aromatic N) is 1. The molecule has 0 amide bonds. The minimum absolute atomic E-state index is 0.918. The number of benzene rings is 1. The third kappa shape index (κ3) is 3.14. The molecule has 0 bridgehead atoms. The maximum absolute atomic E-state index is 4.47. The van der Waals surface area contributed by atoms with Crippen molar-refractivity contribution < 1.29 is 0 Å². The van der Waals surface area contributed by atoms with Crippen LogP contribution in [0.5, 0.6) is 0 Å². The SMILES string of the molecule is CCNCc1cnc(-c2ccc(CC)cc2)s1. The Bertz CT molecular complexity index is 459. The molecule has 0 aliphatic heterocycles. The summed E-state index contributed by atoms with van der Waals surface area (Å²) in [4.78, 5) is 5.77. The predicted molar refractivity (Wildman–Crippen MR) is 74.3 cm³/mol. The van der Waals surface area contributed by atoms with Gasteiger partial charge in [-0.2, -0.15) is 0 Å². The van der Waals surface area contributed by atoms with Gasteiger partial charge in [0.25, 0.3) is 0 Å². The standard InChI is InChI=1S/C14H18N2S/c1-3-11-5-7-12(8-6-11)14-16-10-13(17-14)9-15-4-2/h5-8,10,15H,3-4,9H2,1-2H3. The number of hydrogen-bond donors (Lipinski definition) is 1. The fourth-order valence-corrected chi connectivity index (χ4v) is 2.54. The van der Waals surface area contributed by atoms with Crippen LogP contribution in [0.4, 0.5) is 0 Å². The predicted octanol–water partition coefficient (Wildman–Crippen LogP) is 3.48. The van der Waals surface area contributed by atoms with Crippen molar-refractivity contribution in [2.24, 2.45) is 0 Å². The second-order valence-electron chi connectivity index (χ2n) is 3.96. The van der Waals surface area contributed by atoms with E-state index in [1.54, 1.807) is 11.3 Å². The van der Waals surface area contributed by atoms with Crippen molar-refractivity contribution in [2.75, 3.05) is 6.54 Å². The largest absolute Gasteiger partial charge is 0.312 e. The van der Waals surface area contributed by atoms with Crippen molar-refractivity contribution in [2.45, 2.75) is 26.8 Å². The fourth-order valence-electron chi connectivity index (χ4n) is 1.65. The molecular weight excluding hydrogens is 228 g/mol. The first-order chi connectivity index (χ1) is 8.33. The zero-order chi connectivity index (χ0) is 12.1. The Morgan fingerprint density at radius 2 is 1.94 bits per heavy atom. The molecule has 2 rings (SSSR count). The van der Waals surface area contributed by atoms with Crippen LogP contribution in [0.25, 0.3) is 10.6 Å². The summed E-state index contributed by atoms with van der Waals surface area (Å²) in [6.45, 7) is 6.21. The highest BCUT2D eigenvalue weighted by Crippen LogP contribution is 2.25. The fraction of sp³-hybridized carbons (Fsp3) is 0.357. The Kier molecular flexibility index (Phi) is 4.29. The maximum atomic E-state index is 4.47. The van der Waals surface area contributed by atoms with Crippen LogP contribution < -0.4 is 5.32 Å². The molecular formula is C14H18N2S. The molecule has 90 valence electrons. The molecule has 0 atom stereocenters. The number of aromatic nitrogens is 1. The first-order valence-corrected chi connectivity index (χ1v) is 6.90. The second kappa shape index (κ2) is 5.94. The Labute approximate surface area is 107 Å². The molecule has 0 fully saturated rings. The van der Waals surface area contributed by atoms with Gasteiger partial charge in [-0.3, -0.25) is 0 Å². The molecule has 2 aromatic rings. The molecule has 1 N–H and O–H groups in total. The lowest BCUT2D eigenvalue weighted by Crippen LogP contribution is -2.10. The van der Waals surface area contributed by atoms with Crippen LogP contribution in [-0.2, 0) is 13.0 Å². The highest BCUT2D eigenvalue weighted by atomic mass is 32.1. The molecule has 0 saturated heterocycles. The quantitative estimate of drug-likeness (QED) is 0.873. The van der Waals surface area contributed by atoms with Crippen LogP contribution >= 0.6 is 11.3 Å². The summed E-state index contributed by atoms with van der Waals surface area (Å²) in [7, 11) is 0. The lowest BCUT2D eigenvalue weighted by atomic mass is 10.1.